The first-order chi connectivity index (χ1) is 12.8. The lowest BCUT2D eigenvalue weighted by molar-refractivity contribution is 0.0693. The van der Waals surface area contributed by atoms with Crippen LogP contribution in [0.4, 0.5) is 0 Å². The molecule has 27 heavy (non-hydrogen) atoms. The third kappa shape index (κ3) is 3.72. The van der Waals surface area contributed by atoms with Crippen molar-refractivity contribution in [1.29, 1.82) is 0 Å². The minimum atomic E-state index is -1.12. The van der Waals surface area contributed by atoms with Gasteiger partial charge in [-0.25, -0.2) is 4.79 Å². The first kappa shape index (κ1) is 18.7. The van der Waals surface area contributed by atoms with Crippen LogP contribution in [0.25, 0.3) is 0 Å². The summed E-state index contributed by atoms with van der Waals surface area (Å²) in [6.45, 7) is 6.15. The Balaban J connectivity index is 2.15. The number of hydrogen-bond donors (Lipinski definition) is 2. The lowest BCUT2D eigenvalue weighted by Gasteiger charge is -2.27. The van der Waals surface area contributed by atoms with Gasteiger partial charge in [-0.15, -0.1) is 0 Å². The largest absolute Gasteiger partial charge is 0.507 e. The number of benzene rings is 3. The molecule has 0 fully saturated rings. The number of carbonyl (C=O) groups is 1. The molecule has 0 amide bonds. The van der Waals surface area contributed by atoms with Gasteiger partial charge in [0.1, 0.15) is 11.3 Å². The van der Waals surface area contributed by atoms with Crippen molar-refractivity contribution < 1.29 is 15.0 Å². The van der Waals surface area contributed by atoms with Crippen molar-refractivity contribution in [2.24, 2.45) is 0 Å². The summed E-state index contributed by atoms with van der Waals surface area (Å²) in [5.41, 5.74) is 4.32. The molecule has 0 aliphatic rings. The van der Waals surface area contributed by atoms with E-state index in [1.54, 1.807) is 6.07 Å². The van der Waals surface area contributed by atoms with Crippen molar-refractivity contribution in [2.75, 3.05) is 0 Å². The second-order valence-electron chi connectivity index (χ2n) is 7.43. The number of aryl methyl sites for hydroxylation is 1. The van der Waals surface area contributed by atoms with Gasteiger partial charge in [-0.05, 0) is 40.8 Å². The summed E-state index contributed by atoms with van der Waals surface area (Å²) in [5, 5.41) is 20.2. The Labute approximate surface area is 159 Å². The minimum absolute atomic E-state index is 0.0555. The summed E-state index contributed by atoms with van der Waals surface area (Å²) in [5.74, 6) is -1.28. The molecule has 0 aliphatic heterocycles. The summed E-state index contributed by atoms with van der Waals surface area (Å²) in [7, 11) is 0. The van der Waals surface area contributed by atoms with Crippen molar-refractivity contribution >= 4 is 5.97 Å². The van der Waals surface area contributed by atoms with E-state index >= 15 is 0 Å². The predicted octanol–water partition coefficient (Wildman–Crippen LogP) is 5.32. The number of aromatic hydroxyl groups is 1. The van der Waals surface area contributed by atoms with Gasteiger partial charge in [0, 0.05) is 11.8 Å². The van der Waals surface area contributed by atoms with Crippen molar-refractivity contribution in [3.05, 3.63) is 100 Å². The lowest BCUT2D eigenvalue weighted by atomic mass is 9.76. The van der Waals surface area contributed by atoms with Gasteiger partial charge in [0.15, 0.2) is 0 Å². The van der Waals surface area contributed by atoms with E-state index in [-0.39, 0.29) is 16.7 Å². The molecule has 3 aromatic carbocycles. The highest BCUT2D eigenvalue weighted by Crippen LogP contribution is 2.36. The molecule has 0 atom stereocenters. The van der Waals surface area contributed by atoms with Gasteiger partial charge in [0.2, 0.25) is 0 Å². The number of carboxylic acid groups (broad SMARTS) is 1. The molecule has 0 unspecified atom stereocenters. The van der Waals surface area contributed by atoms with Gasteiger partial charge in [-0.1, -0.05) is 74.5 Å². The minimum Gasteiger partial charge on any atom is -0.507 e. The van der Waals surface area contributed by atoms with Crippen LogP contribution in [-0.4, -0.2) is 16.2 Å². The second kappa shape index (κ2) is 7.28. The molecule has 0 heterocycles. The summed E-state index contributed by atoms with van der Waals surface area (Å²) in [4.78, 5) is 11.7. The topological polar surface area (TPSA) is 57.5 Å². The van der Waals surface area contributed by atoms with Crippen molar-refractivity contribution in [3.8, 4) is 5.75 Å². The number of rotatable bonds is 5. The molecular formula is C24H24O3. The molecule has 138 valence electrons. The van der Waals surface area contributed by atoms with Crippen LogP contribution in [0.1, 0.15) is 52.0 Å². The van der Waals surface area contributed by atoms with Gasteiger partial charge >= 0.3 is 5.97 Å². The molecule has 3 heteroatoms. The molecule has 3 aromatic rings. The number of phenols is 1. The zero-order valence-corrected chi connectivity index (χ0v) is 15.9. The summed E-state index contributed by atoms with van der Waals surface area (Å²) < 4.78 is 0. The molecule has 3 nitrogen and oxygen atoms in total. The fraction of sp³-hybridized carbons (Fsp3) is 0.208. The van der Waals surface area contributed by atoms with Crippen LogP contribution < -0.4 is 0 Å². The molecule has 0 saturated carbocycles. The summed E-state index contributed by atoms with van der Waals surface area (Å²) in [6.07, 6.45) is 0.484. The Kier molecular flexibility index (Phi) is 5.04. The molecule has 0 bridgehead atoms. The number of aromatic carboxylic acids is 1. The molecule has 2 N–H and O–H groups in total. The van der Waals surface area contributed by atoms with Gasteiger partial charge < -0.3 is 10.2 Å². The highest BCUT2D eigenvalue weighted by Gasteiger charge is 2.27. The van der Waals surface area contributed by atoms with Crippen LogP contribution in [0.2, 0.25) is 0 Å². The third-order valence-corrected chi connectivity index (χ3v) is 5.28. The standard InChI is InChI=1S/C24H24O3/c1-16-9-7-8-10-17(16)13-18-14-20(15-21(22(18)25)23(26)27)24(2,3)19-11-5-4-6-12-19/h4-12,14-15,25H,13H2,1-3H3,(H,26,27). The van der Waals surface area contributed by atoms with Crippen molar-refractivity contribution in [3.63, 3.8) is 0 Å². The van der Waals surface area contributed by atoms with Crippen LogP contribution in [0, 0.1) is 6.92 Å². The Morgan fingerprint density at radius 2 is 1.52 bits per heavy atom. The maximum atomic E-state index is 11.7. The maximum absolute atomic E-state index is 11.7. The number of carboxylic acids is 1. The molecule has 0 aliphatic carbocycles. The van der Waals surface area contributed by atoms with E-state index in [1.807, 2.05) is 67.6 Å². The van der Waals surface area contributed by atoms with Gasteiger partial charge in [-0.2, -0.15) is 0 Å². The normalized spacial score (nSPS) is 11.4. The highest BCUT2D eigenvalue weighted by atomic mass is 16.4. The Bertz CT molecular complexity index is 972. The van der Waals surface area contributed by atoms with Crippen LogP contribution >= 0.6 is 0 Å². The van der Waals surface area contributed by atoms with Crippen LogP contribution in [0.5, 0.6) is 5.75 Å². The highest BCUT2D eigenvalue weighted by molar-refractivity contribution is 5.91. The smallest absolute Gasteiger partial charge is 0.339 e. The first-order valence-electron chi connectivity index (χ1n) is 9.00. The zero-order chi connectivity index (χ0) is 19.6. The second-order valence-corrected chi connectivity index (χ2v) is 7.43. The van der Waals surface area contributed by atoms with E-state index in [9.17, 15) is 15.0 Å². The Morgan fingerprint density at radius 3 is 2.15 bits per heavy atom. The van der Waals surface area contributed by atoms with Crippen LogP contribution in [0.3, 0.4) is 0 Å². The molecule has 0 spiro atoms. The quantitative estimate of drug-likeness (QED) is 0.648. The van der Waals surface area contributed by atoms with Crippen molar-refractivity contribution in [1.82, 2.24) is 0 Å². The summed E-state index contributed by atoms with van der Waals surface area (Å²) in [6, 6.07) is 21.4. The van der Waals surface area contributed by atoms with E-state index in [0.29, 0.717) is 12.0 Å². The fourth-order valence-electron chi connectivity index (χ4n) is 3.39. The van der Waals surface area contributed by atoms with E-state index < -0.39 is 5.97 Å². The average molecular weight is 360 g/mol. The lowest BCUT2D eigenvalue weighted by Crippen LogP contribution is -2.20. The monoisotopic (exact) mass is 360 g/mol. The first-order valence-corrected chi connectivity index (χ1v) is 9.00. The van der Waals surface area contributed by atoms with Crippen molar-refractivity contribution in [2.45, 2.75) is 32.6 Å². The summed E-state index contributed by atoms with van der Waals surface area (Å²) >= 11 is 0. The fourth-order valence-corrected chi connectivity index (χ4v) is 3.39. The van der Waals surface area contributed by atoms with Gasteiger partial charge in [0.25, 0.3) is 0 Å². The number of hydrogen-bond acceptors (Lipinski definition) is 2. The average Bonchev–Trinajstić information content (AvgIpc) is 2.65. The Hall–Kier alpha value is -3.07. The van der Waals surface area contributed by atoms with Gasteiger partial charge in [0.05, 0.1) is 0 Å². The van der Waals surface area contributed by atoms with E-state index in [1.165, 1.54) is 0 Å². The van der Waals surface area contributed by atoms with Gasteiger partial charge in [-0.3, -0.25) is 0 Å². The SMILES string of the molecule is Cc1ccccc1Cc1cc(C(C)(C)c2ccccc2)cc(C(=O)O)c1O. The predicted molar refractivity (Wildman–Crippen MR) is 108 cm³/mol. The third-order valence-electron chi connectivity index (χ3n) is 5.28. The van der Waals surface area contributed by atoms with E-state index in [2.05, 4.69) is 13.8 Å². The van der Waals surface area contributed by atoms with E-state index in [0.717, 1.165) is 22.3 Å². The molecule has 0 aromatic heterocycles. The molecule has 0 saturated heterocycles. The van der Waals surface area contributed by atoms with E-state index in [4.69, 9.17) is 0 Å². The van der Waals surface area contributed by atoms with Crippen LogP contribution in [0.15, 0.2) is 66.7 Å². The van der Waals surface area contributed by atoms with Crippen LogP contribution in [-0.2, 0) is 11.8 Å². The molecular weight excluding hydrogens is 336 g/mol. The zero-order valence-electron chi connectivity index (χ0n) is 15.9. The molecule has 3 rings (SSSR count). The maximum Gasteiger partial charge on any atom is 0.339 e. The molecule has 0 radical (unpaired) electrons. The Morgan fingerprint density at radius 1 is 0.889 bits per heavy atom.